The molecule has 7 heteroatoms. The second-order valence-corrected chi connectivity index (χ2v) is 6.11. The van der Waals surface area contributed by atoms with Gasteiger partial charge in [0.25, 0.3) is 0 Å². The molecule has 0 spiro atoms. The summed E-state index contributed by atoms with van der Waals surface area (Å²) >= 11 is 0. The number of carbonyl (C=O) groups excluding carboxylic acids is 1. The summed E-state index contributed by atoms with van der Waals surface area (Å²) in [6.45, 7) is 4.65. The first-order valence-electron chi connectivity index (χ1n) is 8.85. The first-order valence-corrected chi connectivity index (χ1v) is 8.85. The van der Waals surface area contributed by atoms with Crippen molar-refractivity contribution >= 4 is 6.03 Å². The van der Waals surface area contributed by atoms with E-state index in [0.717, 1.165) is 31.6 Å². The van der Waals surface area contributed by atoms with Crippen LogP contribution in [0.15, 0.2) is 36.9 Å². The number of imidazole rings is 1. The van der Waals surface area contributed by atoms with E-state index in [0.29, 0.717) is 31.5 Å². The SMILES string of the molecule is CCOc1cccc(CCNC(=O)N2CCC(n3ccnc3)CC2)n1. The van der Waals surface area contributed by atoms with Gasteiger partial charge in [-0.3, -0.25) is 0 Å². The summed E-state index contributed by atoms with van der Waals surface area (Å²) in [5.41, 5.74) is 0.921. The first-order chi connectivity index (χ1) is 12.3. The van der Waals surface area contributed by atoms with Crippen LogP contribution in [0, 0.1) is 0 Å². The fourth-order valence-electron chi connectivity index (χ4n) is 3.09. The summed E-state index contributed by atoms with van der Waals surface area (Å²) in [7, 11) is 0. The Bertz CT molecular complexity index is 666. The molecule has 1 aliphatic heterocycles. The van der Waals surface area contributed by atoms with Crippen LogP contribution in [0.3, 0.4) is 0 Å². The van der Waals surface area contributed by atoms with Gasteiger partial charge >= 0.3 is 6.03 Å². The molecular formula is C18H25N5O2. The van der Waals surface area contributed by atoms with Crippen molar-refractivity contribution in [1.82, 2.24) is 24.8 Å². The van der Waals surface area contributed by atoms with Crippen molar-refractivity contribution < 1.29 is 9.53 Å². The molecule has 134 valence electrons. The van der Waals surface area contributed by atoms with E-state index in [-0.39, 0.29) is 6.03 Å². The highest BCUT2D eigenvalue weighted by Gasteiger charge is 2.23. The lowest BCUT2D eigenvalue weighted by Gasteiger charge is -2.32. The molecule has 2 aromatic rings. The highest BCUT2D eigenvalue weighted by Crippen LogP contribution is 2.21. The third kappa shape index (κ3) is 4.71. The number of carbonyl (C=O) groups is 1. The molecule has 1 saturated heterocycles. The van der Waals surface area contributed by atoms with E-state index in [4.69, 9.17) is 4.74 Å². The largest absolute Gasteiger partial charge is 0.478 e. The maximum atomic E-state index is 12.3. The van der Waals surface area contributed by atoms with E-state index in [1.807, 2.05) is 42.5 Å². The minimum absolute atomic E-state index is 0.00467. The molecule has 2 aromatic heterocycles. The average molecular weight is 343 g/mol. The fraction of sp³-hybridized carbons (Fsp3) is 0.500. The zero-order chi connectivity index (χ0) is 17.5. The number of rotatable bonds is 6. The minimum atomic E-state index is 0.00467. The fourth-order valence-corrected chi connectivity index (χ4v) is 3.09. The molecule has 25 heavy (non-hydrogen) atoms. The lowest BCUT2D eigenvalue weighted by molar-refractivity contribution is 0.172. The van der Waals surface area contributed by atoms with Gasteiger partial charge in [0.2, 0.25) is 5.88 Å². The number of piperidine rings is 1. The summed E-state index contributed by atoms with van der Waals surface area (Å²) in [4.78, 5) is 22.7. The van der Waals surface area contributed by atoms with Crippen molar-refractivity contribution in [3.63, 3.8) is 0 Å². The van der Waals surface area contributed by atoms with Gasteiger partial charge in [-0.1, -0.05) is 6.07 Å². The molecule has 7 nitrogen and oxygen atoms in total. The Kier molecular flexibility index (Phi) is 5.87. The van der Waals surface area contributed by atoms with Gasteiger partial charge < -0.3 is 19.5 Å². The summed E-state index contributed by atoms with van der Waals surface area (Å²) < 4.78 is 7.53. The predicted octanol–water partition coefficient (Wildman–Crippen LogP) is 2.27. The molecule has 1 aliphatic rings. The van der Waals surface area contributed by atoms with E-state index < -0.39 is 0 Å². The molecule has 2 amide bonds. The monoisotopic (exact) mass is 343 g/mol. The molecule has 3 rings (SSSR count). The number of hydrogen-bond acceptors (Lipinski definition) is 4. The number of aromatic nitrogens is 3. The molecule has 0 aliphatic carbocycles. The molecular weight excluding hydrogens is 318 g/mol. The predicted molar refractivity (Wildman–Crippen MR) is 94.6 cm³/mol. The molecule has 1 N–H and O–H groups in total. The van der Waals surface area contributed by atoms with Gasteiger partial charge in [0.15, 0.2) is 0 Å². The lowest BCUT2D eigenvalue weighted by atomic mass is 10.1. The maximum Gasteiger partial charge on any atom is 0.317 e. The number of nitrogens with one attached hydrogen (secondary N) is 1. The van der Waals surface area contributed by atoms with Crippen LogP contribution in [-0.4, -0.2) is 51.7 Å². The van der Waals surface area contributed by atoms with Crippen LogP contribution in [0.2, 0.25) is 0 Å². The van der Waals surface area contributed by atoms with Gasteiger partial charge in [-0.05, 0) is 25.8 Å². The summed E-state index contributed by atoms with van der Waals surface area (Å²) in [5, 5.41) is 2.99. The maximum absolute atomic E-state index is 12.3. The number of nitrogens with zero attached hydrogens (tertiary/aromatic N) is 4. The number of hydrogen-bond donors (Lipinski definition) is 1. The highest BCUT2D eigenvalue weighted by atomic mass is 16.5. The zero-order valence-electron chi connectivity index (χ0n) is 14.6. The molecule has 0 unspecified atom stereocenters. The number of urea groups is 1. The van der Waals surface area contributed by atoms with Crippen LogP contribution in [-0.2, 0) is 6.42 Å². The van der Waals surface area contributed by atoms with Crippen LogP contribution in [0.25, 0.3) is 0 Å². The Labute approximate surface area is 148 Å². The first kappa shape index (κ1) is 17.3. The van der Waals surface area contributed by atoms with Crippen LogP contribution >= 0.6 is 0 Å². The van der Waals surface area contributed by atoms with Gasteiger partial charge in [-0.15, -0.1) is 0 Å². The summed E-state index contributed by atoms with van der Waals surface area (Å²) in [6.07, 6.45) is 8.25. The Morgan fingerprint density at radius 3 is 2.92 bits per heavy atom. The van der Waals surface area contributed by atoms with Crippen molar-refractivity contribution in [2.24, 2.45) is 0 Å². The quantitative estimate of drug-likeness (QED) is 0.873. The van der Waals surface area contributed by atoms with E-state index in [9.17, 15) is 4.79 Å². The van der Waals surface area contributed by atoms with E-state index in [1.165, 1.54) is 0 Å². The second-order valence-electron chi connectivity index (χ2n) is 6.11. The Balaban J connectivity index is 1.40. The van der Waals surface area contributed by atoms with Crippen molar-refractivity contribution in [2.75, 3.05) is 26.2 Å². The zero-order valence-corrected chi connectivity index (χ0v) is 14.6. The number of pyridine rings is 1. The Hall–Kier alpha value is -2.57. The van der Waals surface area contributed by atoms with Crippen LogP contribution in [0.5, 0.6) is 5.88 Å². The Morgan fingerprint density at radius 2 is 2.20 bits per heavy atom. The van der Waals surface area contributed by atoms with Crippen molar-refractivity contribution in [3.05, 3.63) is 42.6 Å². The molecule has 0 atom stereocenters. The van der Waals surface area contributed by atoms with E-state index >= 15 is 0 Å². The standard InChI is InChI=1S/C18H25N5O2/c1-2-25-17-5-3-4-15(21-17)6-9-20-18(24)22-11-7-16(8-12-22)23-13-10-19-14-23/h3-5,10,13-14,16H,2,6-9,11-12H2,1H3,(H,20,24). The van der Waals surface area contributed by atoms with E-state index in [1.54, 1.807) is 6.20 Å². The van der Waals surface area contributed by atoms with Gasteiger partial charge in [-0.2, -0.15) is 0 Å². The lowest BCUT2D eigenvalue weighted by Crippen LogP contribution is -2.45. The molecule has 0 radical (unpaired) electrons. The number of ether oxygens (including phenoxy) is 1. The van der Waals surface area contributed by atoms with Crippen molar-refractivity contribution in [1.29, 1.82) is 0 Å². The van der Waals surface area contributed by atoms with Crippen LogP contribution < -0.4 is 10.1 Å². The van der Waals surface area contributed by atoms with Crippen LogP contribution in [0.1, 0.15) is 31.5 Å². The normalized spacial score (nSPS) is 15.2. The van der Waals surface area contributed by atoms with Crippen LogP contribution in [0.4, 0.5) is 4.79 Å². The van der Waals surface area contributed by atoms with Gasteiger partial charge in [0.1, 0.15) is 0 Å². The second kappa shape index (κ2) is 8.50. The molecule has 0 aromatic carbocycles. The number of amides is 2. The molecule has 0 bridgehead atoms. The minimum Gasteiger partial charge on any atom is -0.478 e. The highest BCUT2D eigenvalue weighted by molar-refractivity contribution is 5.74. The van der Waals surface area contributed by atoms with Gasteiger partial charge in [0, 0.05) is 56.3 Å². The van der Waals surface area contributed by atoms with Crippen molar-refractivity contribution in [2.45, 2.75) is 32.2 Å². The van der Waals surface area contributed by atoms with E-state index in [2.05, 4.69) is 19.9 Å². The topological polar surface area (TPSA) is 72.3 Å². The van der Waals surface area contributed by atoms with Crippen molar-refractivity contribution in [3.8, 4) is 5.88 Å². The smallest absolute Gasteiger partial charge is 0.317 e. The number of likely N-dealkylation sites (tertiary alicyclic amines) is 1. The Morgan fingerprint density at radius 1 is 1.36 bits per heavy atom. The summed E-state index contributed by atoms with van der Waals surface area (Å²) in [5.74, 6) is 0.632. The summed E-state index contributed by atoms with van der Waals surface area (Å²) in [6, 6.07) is 6.17. The third-order valence-electron chi connectivity index (χ3n) is 4.43. The third-order valence-corrected chi connectivity index (χ3v) is 4.43. The molecule has 1 fully saturated rings. The average Bonchev–Trinajstić information content (AvgIpc) is 3.17. The molecule has 0 saturated carbocycles. The molecule has 3 heterocycles. The van der Waals surface area contributed by atoms with Gasteiger partial charge in [-0.25, -0.2) is 14.8 Å². The van der Waals surface area contributed by atoms with Gasteiger partial charge in [0.05, 0.1) is 12.9 Å².